The predicted molar refractivity (Wildman–Crippen MR) is 104 cm³/mol. The van der Waals surface area contributed by atoms with Crippen molar-refractivity contribution in [3.05, 3.63) is 90.3 Å². The molecular weight excluding hydrogens is 345 g/mol. The van der Waals surface area contributed by atoms with Gasteiger partial charge in [-0.2, -0.15) is 0 Å². The number of nitrogens with one attached hydrogen (secondary N) is 1. The van der Waals surface area contributed by atoms with Crippen LogP contribution in [0.5, 0.6) is 17.2 Å². The van der Waals surface area contributed by atoms with Crippen LogP contribution in [0.25, 0.3) is 6.08 Å². The van der Waals surface area contributed by atoms with Crippen LogP contribution in [0, 0.1) is 5.82 Å². The third kappa shape index (κ3) is 5.19. The highest BCUT2D eigenvalue weighted by Gasteiger charge is 2.07. The van der Waals surface area contributed by atoms with Crippen molar-refractivity contribution in [1.82, 2.24) is 0 Å². The number of benzene rings is 3. The number of hydrogen-bond donors (Lipinski definition) is 1. The Morgan fingerprint density at radius 1 is 0.926 bits per heavy atom. The molecular formula is C22H18FNO3. The van der Waals surface area contributed by atoms with Gasteiger partial charge in [0.25, 0.3) is 0 Å². The first-order chi connectivity index (χ1) is 13.1. The number of para-hydroxylation sites is 2. The molecule has 0 aliphatic rings. The van der Waals surface area contributed by atoms with Gasteiger partial charge in [-0.1, -0.05) is 24.3 Å². The van der Waals surface area contributed by atoms with Crippen molar-refractivity contribution in [1.29, 1.82) is 0 Å². The molecule has 0 heterocycles. The molecule has 0 atom stereocenters. The topological polar surface area (TPSA) is 47.6 Å². The summed E-state index contributed by atoms with van der Waals surface area (Å²) in [6.07, 6.45) is 3.15. The highest BCUT2D eigenvalue weighted by atomic mass is 19.1. The normalized spacial score (nSPS) is 10.6. The Bertz CT molecular complexity index is 935. The number of ether oxygens (including phenoxy) is 2. The van der Waals surface area contributed by atoms with Crippen LogP contribution in [0.4, 0.5) is 10.1 Å². The molecule has 1 amide bonds. The molecule has 0 aromatic heterocycles. The van der Waals surface area contributed by atoms with Gasteiger partial charge in [0.15, 0.2) is 5.75 Å². The molecule has 0 radical (unpaired) electrons. The fourth-order valence-electron chi connectivity index (χ4n) is 2.35. The van der Waals surface area contributed by atoms with Crippen molar-refractivity contribution < 1.29 is 18.7 Å². The molecule has 0 spiro atoms. The maximum absolute atomic E-state index is 13.0. The van der Waals surface area contributed by atoms with Gasteiger partial charge in [-0.25, -0.2) is 4.39 Å². The van der Waals surface area contributed by atoms with Crippen molar-refractivity contribution in [3.63, 3.8) is 0 Å². The van der Waals surface area contributed by atoms with Gasteiger partial charge < -0.3 is 14.8 Å². The van der Waals surface area contributed by atoms with Crippen LogP contribution in [-0.4, -0.2) is 13.0 Å². The van der Waals surface area contributed by atoms with E-state index in [-0.39, 0.29) is 11.7 Å². The fraction of sp³-hybridized carbons (Fsp3) is 0.0455. The Labute approximate surface area is 156 Å². The Kier molecular flexibility index (Phi) is 5.84. The zero-order valence-electron chi connectivity index (χ0n) is 14.7. The van der Waals surface area contributed by atoms with Crippen molar-refractivity contribution in [2.75, 3.05) is 12.4 Å². The summed E-state index contributed by atoms with van der Waals surface area (Å²) in [5.74, 6) is 1.07. The first kappa shape index (κ1) is 18.2. The second-order valence-corrected chi connectivity index (χ2v) is 5.65. The predicted octanol–water partition coefficient (Wildman–Crippen LogP) is 5.28. The quantitative estimate of drug-likeness (QED) is 0.606. The molecule has 3 aromatic rings. The molecule has 27 heavy (non-hydrogen) atoms. The van der Waals surface area contributed by atoms with E-state index in [2.05, 4.69) is 5.32 Å². The zero-order chi connectivity index (χ0) is 19.1. The van der Waals surface area contributed by atoms with Gasteiger partial charge in [0, 0.05) is 6.08 Å². The maximum Gasteiger partial charge on any atom is 0.248 e. The van der Waals surface area contributed by atoms with Crippen molar-refractivity contribution >= 4 is 17.7 Å². The number of rotatable bonds is 6. The van der Waals surface area contributed by atoms with Gasteiger partial charge in [-0.15, -0.1) is 0 Å². The maximum atomic E-state index is 13.0. The molecule has 0 saturated carbocycles. The minimum atomic E-state index is -0.340. The average Bonchev–Trinajstić information content (AvgIpc) is 2.70. The average molecular weight is 363 g/mol. The summed E-state index contributed by atoms with van der Waals surface area (Å²) in [7, 11) is 1.60. The second kappa shape index (κ2) is 8.67. The number of carbonyl (C=O) groups is 1. The monoisotopic (exact) mass is 363 g/mol. The SMILES string of the molecule is COc1ccc(/C=C/C(=O)Nc2ccccc2Oc2ccc(F)cc2)cc1. The standard InChI is InChI=1S/C22H18FNO3/c1-26-18-11-6-16(7-12-18)8-15-22(25)24-20-4-2-3-5-21(20)27-19-13-9-17(23)10-14-19/h2-15H,1H3,(H,24,25)/b15-8+. The Balaban J connectivity index is 1.68. The second-order valence-electron chi connectivity index (χ2n) is 5.65. The van der Waals surface area contributed by atoms with Crippen LogP contribution in [0.2, 0.25) is 0 Å². The molecule has 0 saturated heterocycles. The first-order valence-electron chi connectivity index (χ1n) is 8.29. The van der Waals surface area contributed by atoms with Crippen molar-refractivity contribution in [2.45, 2.75) is 0 Å². The van der Waals surface area contributed by atoms with Gasteiger partial charge in [0.1, 0.15) is 17.3 Å². The van der Waals surface area contributed by atoms with Gasteiger partial charge in [0.05, 0.1) is 12.8 Å². The smallest absolute Gasteiger partial charge is 0.248 e. The minimum Gasteiger partial charge on any atom is -0.497 e. The molecule has 4 nitrogen and oxygen atoms in total. The van der Waals surface area contributed by atoms with E-state index in [9.17, 15) is 9.18 Å². The largest absolute Gasteiger partial charge is 0.497 e. The summed E-state index contributed by atoms with van der Waals surface area (Å²) in [5, 5.41) is 2.79. The highest BCUT2D eigenvalue weighted by Crippen LogP contribution is 2.29. The number of carbonyl (C=O) groups excluding carboxylic acids is 1. The molecule has 0 aliphatic carbocycles. The van der Waals surface area contributed by atoms with Crippen LogP contribution in [0.3, 0.4) is 0 Å². The number of halogens is 1. The van der Waals surface area contributed by atoms with Crippen LogP contribution < -0.4 is 14.8 Å². The number of hydrogen-bond acceptors (Lipinski definition) is 3. The van der Waals surface area contributed by atoms with E-state index >= 15 is 0 Å². The van der Waals surface area contributed by atoms with E-state index in [0.717, 1.165) is 11.3 Å². The lowest BCUT2D eigenvalue weighted by Gasteiger charge is -2.11. The van der Waals surface area contributed by atoms with E-state index in [0.29, 0.717) is 17.2 Å². The van der Waals surface area contributed by atoms with E-state index in [1.54, 1.807) is 37.5 Å². The summed E-state index contributed by atoms with van der Waals surface area (Å²) in [4.78, 5) is 12.2. The van der Waals surface area contributed by atoms with E-state index < -0.39 is 0 Å². The highest BCUT2D eigenvalue weighted by molar-refractivity contribution is 6.02. The Morgan fingerprint density at radius 3 is 2.30 bits per heavy atom. The van der Waals surface area contributed by atoms with Crippen molar-refractivity contribution in [2.24, 2.45) is 0 Å². The Morgan fingerprint density at radius 2 is 1.59 bits per heavy atom. The molecule has 0 bridgehead atoms. The summed E-state index contributed by atoms with van der Waals surface area (Å²) in [6.45, 7) is 0. The third-order valence-electron chi connectivity index (χ3n) is 3.73. The van der Waals surface area contributed by atoms with E-state index in [1.807, 2.05) is 24.3 Å². The van der Waals surface area contributed by atoms with Gasteiger partial charge in [-0.3, -0.25) is 4.79 Å². The molecule has 0 fully saturated rings. The lowest BCUT2D eigenvalue weighted by molar-refractivity contribution is -0.111. The van der Waals surface area contributed by atoms with Crippen LogP contribution in [-0.2, 0) is 4.79 Å². The lowest BCUT2D eigenvalue weighted by atomic mass is 10.2. The first-order valence-corrected chi connectivity index (χ1v) is 8.29. The third-order valence-corrected chi connectivity index (χ3v) is 3.73. The number of methoxy groups -OCH3 is 1. The molecule has 0 aliphatic heterocycles. The van der Waals surface area contributed by atoms with Gasteiger partial charge in [-0.05, 0) is 60.2 Å². The van der Waals surface area contributed by atoms with E-state index in [1.165, 1.54) is 30.3 Å². The minimum absolute atomic E-state index is 0.291. The van der Waals surface area contributed by atoms with E-state index in [4.69, 9.17) is 9.47 Å². The van der Waals surface area contributed by atoms with Crippen LogP contribution in [0.1, 0.15) is 5.56 Å². The summed E-state index contributed by atoms with van der Waals surface area (Å²) < 4.78 is 23.9. The van der Waals surface area contributed by atoms with Gasteiger partial charge in [0.2, 0.25) is 5.91 Å². The lowest BCUT2D eigenvalue weighted by Crippen LogP contribution is -2.08. The van der Waals surface area contributed by atoms with Crippen LogP contribution in [0.15, 0.2) is 78.9 Å². The van der Waals surface area contributed by atoms with Crippen LogP contribution >= 0.6 is 0 Å². The summed E-state index contributed by atoms with van der Waals surface area (Å²) in [6, 6.07) is 20.1. The number of anilines is 1. The van der Waals surface area contributed by atoms with Crippen molar-refractivity contribution in [3.8, 4) is 17.2 Å². The molecule has 3 rings (SSSR count). The molecule has 0 unspecified atom stereocenters. The summed E-state index contributed by atoms with van der Waals surface area (Å²) >= 11 is 0. The molecule has 5 heteroatoms. The number of amides is 1. The molecule has 3 aromatic carbocycles. The fourth-order valence-corrected chi connectivity index (χ4v) is 2.35. The van der Waals surface area contributed by atoms with Gasteiger partial charge >= 0.3 is 0 Å². The summed E-state index contributed by atoms with van der Waals surface area (Å²) in [5.41, 5.74) is 1.40. The molecule has 1 N–H and O–H groups in total. The zero-order valence-corrected chi connectivity index (χ0v) is 14.7. The Hall–Kier alpha value is -3.60. The molecule has 136 valence electrons.